The lowest BCUT2D eigenvalue weighted by molar-refractivity contribution is -0.117. The highest BCUT2D eigenvalue weighted by atomic mass is 32.3. The Morgan fingerprint density at radius 3 is 2.84 bits per heavy atom. The molecule has 1 atom stereocenters. The van der Waals surface area contributed by atoms with Crippen LogP contribution in [0.1, 0.15) is 6.42 Å². The predicted octanol–water partition coefficient (Wildman–Crippen LogP) is 2.06. The van der Waals surface area contributed by atoms with Crippen molar-refractivity contribution in [2.45, 2.75) is 11.3 Å². The Hall–Kier alpha value is -1.08. The van der Waals surface area contributed by atoms with E-state index in [9.17, 15) is 17.1 Å². The number of benzene rings is 1. The fraction of sp³-hybridized carbons (Fsp3) is 0.417. The van der Waals surface area contributed by atoms with Crippen LogP contribution < -0.4 is 4.90 Å². The van der Waals surface area contributed by atoms with Gasteiger partial charge in [-0.2, -0.15) is 8.42 Å². The van der Waals surface area contributed by atoms with Crippen LogP contribution in [0.25, 0.3) is 0 Å². The van der Waals surface area contributed by atoms with Gasteiger partial charge in [0.1, 0.15) is 0 Å². The van der Waals surface area contributed by atoms with Gasteiger partial charge in [0.25, 0.3) is 0 Å². The molecule has 1 fully saturated rings. The van der Waals surface area contributed by atoms with Crippen molar-refractivity contribution in [1.82, 2.24) is 0 Å². The number of amides is 1. The maximum Gasteiger partial charge on any atom is 0.302 e. The molecule has 1 aliphatic rings. The number of hydrogen-bond acceptors (Lipinski definition) is 4. The highest BCUT2D eigenvalue weighted by Gasteiger charge is 2.33. The Kier molecular flexibility index (Phi) is 4.15. The van der Waals surface area contributed by atoms with Gasteiger partial charge in [-0.3, -0.25) is 4.79 Å². The zero-order chi connectivity index (χ0) is 14.0. The molecule has 0 aliphatic carbocycles. The number of thioether (sulfide) groups is 1. The van der Waals surface area contributed by atoms with Crippen molar-refractivity contribution in [2.24, 2.45) is 5.92 Å². The Balaban J connectivity index is 2.15. The molecule has 19 heavy (non-hydrogen) atoms. The number of carbonyl (C=O) groups excluding carboxylic acids is 1. The molecule has 0 spiro atoms. The zero-order valence-electron chi connectivity index (χ0n) is 10.4. The maximum atomic E-state index is 12.7. The van der Waals surface area contributed by atoms with E-state index in [1.54, 1.807) is 17.8 Å². The largest absolute Gasteiger partial charge is 0.312 e. The molecule has 1 amide bonds. The number of rotatable bonds is 4. The van der Waals surface area contributed by atoms with Crippen LogP contribution in [0.3, 0.4) is 0 Å². The summed E-state index contributed by atoms with van der Waals surface area (Å²) < 4.78 is 33.9. The summed E-state index contributed by atoms with van der Waals surface area (Å²) in [6, 6.07) is 7.44. The molecule has 0 saturated carbocycles. The molecule has 1 saturated heterocycles. The van der Waals surface area contributed by atoms with Gasteiger partial charge in [-0.15, -0.1) is 15.6 Å². The predicted molar refractivity (Wildman–Crippen MR) is 73.6 cm³/mol. The molecule has 104 valence electrons. The first-order chi connectivity index (χ1) is 8.89. The number of anilines is 1. The molecule has 0 bridgehead atoms. The molecule has 1 unspecified atom stereocenters. The van der Waals surface area contributed by atoms with Crippen molar-refractivity contribution in [2.75, 3.05) is 23.5 Å². The second kappa shape index (κ2) is 5.50. The van der Waals surface area contributed by atoms with Crippen LogP contribution in [-0.2, 0) is 15.0 Å². The minimum atomic E-state index is -4.53. The summed E-state index contributed by atoms with van der Waals surface area (Å²) in [6.45, 7) is 0.250. The molecule has 0 N–H and O–H groups in total. The summed E-state index contributed by atoms with van der Waals surface area (Å²) >= 11 is 1.56. The molecule has 1 heterocycles. The maximum absolute atomic E-state index is 12.7. The van der Waals surface area contributed by atoms with Crippen molar-refractivity contribution in [3.05, 3.63) is 24.3 Å². The van der Waals surface area contributed by atoms with Crippen molar-refractivity contribution in [3.8, 4) is 0 Å². The van der Waals surface area contributed by atoms with E-state index in [1.165, 1.54) is 4.90 Å². The minimum absolute atomic E-state index is 0.0760. The van der Waals surface area contributed by atoms with Crippen molar-refractivity contribution in [3.63, 3.8) is 0 Å². The first-order valence-corrected chi connectivity index (χ1v) is 8.53. The molecule has 7 heteroatoms. The van der Waals surface area contributed by atoms with Crippen molar-refractivity contribution in [1.29, 1.82) is 0 Å². The molecule has 4 nitrogen and oxygen atoms in total. The molecule has 1 aliphatic heterocycles. The monoisotopic (exact) mass is 303 g/mol. The smallest absolute Gasteiger partial charge is 0.302 e. The van der Waals surface area contributed by atoms with Crippen LogP contribution in [0.5, 0.6) is 0 Å². The van der Waals surface area contributed by atoms with E-state index in [1.807, 2.05) is 24.5 Å². The third-order valence-corrected chi connectivity index (χ3v) is 4.60. The Bertz CT molecular complexity index is 588. The van der Waals surface area contributed by atoms with Gasteiger partial charge in [-0.25, -0.2) is 0 Å². The molecule has 1 aromatic rings. The molecule has 1 aromatic carbocycles. The van der Waals surface area contributed by atoms with E-state index in [0.717, 1.165) is 10.6 Å². The van der Waals surface area contributed by atoms with Gasteiger partial charge in [0.15, 0.2) is 0 Å². The van der Waals surface area contributed by atoms with Gasteiger partial charge in [0, 0.05) is 29.5 Å². The average Bonchev–Trinajstić information content (AvgIpc) is 2.68. The third kappa shape index (κ3) is 3.70. The average molecular weight is 303 g/mol. The lowest BCUT2D eigenvalue weighted by Crippen LogP contribution is -2.25. The normalized spacial score (nSPS) is 20.0. The third-order valence-electron chi connectivity index (χ3n) is 3.00. The lowest BCUT2D eigenvalue weighted by Gasteiger charge is -2.17. The Morgan fingerprint density at radius 1 is 1.47 bits per heavy atom. The van der Waals surface area contributed by atoms with Crippen LogP contribution in [-0.4, -0.2) is 32.9 Å². The lowest BCUT2D eigenvalue weighted by atomic mass is 10.1. The number of nitrogens with zero attached hydrogens (tertiary/aromatic N) is 1. The summed E-state index contributed by atoms with van der Waals surface area (Å²) in [5.41, 5.74) is 0.732. The molecular formula is C12H14FNO3S2. The summed E-state index contributed by atoms with van der Waals surface area (Å²) in [5.74, 6) is -1.22. The molecule has 0 radical (unpaired) electrons. The summed E-state index contributed by atoms with van der Waals surface area (Å²) in [4.78, 5) is 14.4. The molecule has 2 rings (SSSR count). The fourth-order valence-corrected chi connectivity index (χ4v) is 3.44. The van der Waals surface area contributed by atoms with Crippen LogP contribution in [0.4, 0.5) is 9.57 Å². The van der Waals surface area contributed by atoms with Gasteiger partial charge >= 0.3 is 10.2 Å². The van der Waals surface area contributed by atoms with Crippen LogP contribution in [0, 0.1) is 5.92 Å². The van der Waals surface area contributed by atoms with E-state index in [4.69, 9.17) is 0 Å². The molecular weight excluding hydrogens is 289 g/mol. The Morgan fingerprint density at radius 2 is 2.21 bits per heavy atom. The van der Waals surface area contributed by atoms with E-state index >= 15 is 0 Å². The van der Waals surface area contributed by atoms with Gasteiger partial charge in [-0.05, 0) is 24.5 Å². The highest BCUT2D eigenvalue weighted by molar-refractivity contribution is 7.98. The van der Waals surface area contributed by atoms with E-state index in [0.29, 0.717) is 0 Å². The van der Waals surface area contributed by atoms with Crippen molar-refractivity contribution < 1.29 is 17.1 Å². The zero-order valence-corrected chi connectivity index (χ0v) is 12.0. The number of hydrogen-bond donors (Lipinski definition) is 0. The number of carbonyl (C=O) groups is 1. The van der Waals surface area contributed by atoms with E-state index < -0.39 is 21.9 Å². The standard InChI is InChI=1S/C12H14FNO3S2/c1-18-11-4-2-3-10(6-11)14-7-9(5-12(14)15)8-19(13,16)17/h2-4,6,9H,5,7-8H2,1H3. The first-order valence-electron chi connectivity index (χ1n) is 5.76. The number of halogens is 1. The van der Waals surface area contributed by atoms with Gasteiger partial charge in [0.2, 0.25) is 5.91 Å². The Labute approximate surface area is 116 Å². The van der Waals surface area contributed by atoms with Gasteiger partial charge in [0.05, 0.1) is 5.75 Å². The summed E-state index contributed by atoms with van der Waals surface area (Å²) in [5, 5.41) is 0. The van der Waals surface area contributed by atoms with Crippen LogP contribution in [0.2, 0.25) is 0 Å². The van der Waals surface area contributed by atoms with Crippen molar-refractivity contribution >= 4 is 33.6 Å². The highest BCUT2D eigenvalue weighted by Crippen LogP contribution is 2.28. The first kappa shape index (κ1) is 14.3. The second-order valence-corrected chi connectivity index (χ2v) is 6.77. The quantitative estimate of drug-likeness (QED) is 0.631. The van der Waals surface area contributed by atoms with E-state index in [2.05, 4.69) is 0 Å². The van der Waals surface area contributed by atoms with Crippen LogP contribution in [0.15, 0.2) is 29.2 Å². The molecule has 0 aromatic heterocycles. The summed E-state index contributed by atoms with van der Waals surface area (Å²) in [6.07, 6.45) is 2.01. The SMILES string of the molecule is CSc1cccc(N2CC(CS(=O)(=O)F)CC2=O)c1. The topological polar surface area (TPSA) is 54.5 Å². The minimum Gasteiger partial charge on any atom is -0.312 e. The second-order valence-electron chi connectivity index (χ2n) is 4.48. The van der Waals surface area contributed by atoms with Crippen LogP contribution >= 0.6 is 11.8 Å². The van der Waals surface area contributed by atoms with Gasteiger partial charge < -0.3 is 4.90 Å². The fourth-order valence-electron chi connectivity index (χ4n) is 2.20. The van der Waals surface area contributed by atoms with Gasteiger partial charge in [-0.1, -0.05) is 6.07 Å². The summed E-state index contributed by atoms with van der Waals surface area (Å²) in [7, 11) is -4.53. The van der Waals surface area contributed by atoms with E-state index in [-0.39, 0.29) is 18.9 Å².